The molecule has 1 aromatic rings. The smallest absolute Gasteiger partial charge is 0.248 e. The van der Waals surface area contributed by atoms with Gasteiger partial charge in [-0.25, -0.2) is 8.78 Å². The SMILES string of the molecule is NCc1ccc(C2(C(F)F)CCCC2)cc1. The van der Waals surface area contributed by atoms with E-state index in [-0.39, 0.29) is 0 Å². The molecule has 0 atom stereocenters. The van der Waals surface area contributed by atoms with Crippen LogP contribution in [0, 0.1) is 0 Å². The lowest BCUT2D eigenvalue weighted by Gasteiger charge is -2.28. The summed E-state index contributed by atoms with van der Waals surface area (Å²) >= 11 is 0. The largest absolute Gasteiger partial charge is 0.326 e. The Hall–Kier alpha value is -0.960. The Morgan fingerprint density at radius 3 is 2.12 bits per heavy atom. The minimum atomic E-state index is -2.27. The van der Waals surface area contributed by atoms with Crippen molar-refractivity contribution in [1.29, 1.82) is 0 Å². The van der Waals surface area contributed by atoms with Crippen molar-refractivity contribution in [3.05, 3.63) is 35.4 Å². The Bertz CT molecular complexity index is 339. The second-order valence-electron chi connectivity index (χ2n) is 4.56. The maximum absolute atomic E-state index is 13.2. The van der Waals surface area contributed by atoms with Gasteiger partial charge in [0, 0.05) is 6.54 Å². The first kappa shape index (κ1) is 11.5. The van der Waals surface area contributed by atoms with Gasteiger partial charge in [-0.1, -0.05) is 37.1 Å². The average molecular weight is 225 g/mol. The van der Waals surface area contributed by atoms with Crippen molar-refractivity contribution < 1.29 is 8.78 Å². The van der Waals surface area contributed by atoms with Crippen LogP contribution in [0.3, 0.4) is 0 Å². The maximum Gasteiger partial charge on any atom is 0.248 e. The van der Waals surface area contributed by atoms with Crippen molar-refractivity contribution in [3.63, 3.8) is 0 Å². The molecule has 0 aliphatic heterocycles. The Balaban J connectivity index is 2.32. The second kappa shape index (κ2) is 4.50. The quantitative estimate of drug-likeness (QED) is 0.839. The van der Waals surface area contributed by atoms with Crippen LogP contribution in [0.4, 0.5) is 8.78 Å². The van der Waals surface area contributed by atoms with E-state index >= 15 is 0 Å². The summed E-state index contributed by atoms with van der Waals surface area (Å²) in [6.45, 7) is 0.460. The third-order valence-electron chi connectivity index (χ3n) is 3.68. The van der Waals surface area contributed by atoms with E-state index in [1.165, 1.54) is 0 Å². The molecule has 1 nitrogen and oxygen atoms in total. The van der Waals surface area contributed by atoms with Gasteiger partial charge in [-0.3, -0.25) is 0 Å². The summed E-state index contributed by atoms with van der Waals surface area (Å²) < 4.78 is 26.5. The molecule has 0 aromatic heterocycles. The van der Waals surface area contributed by atoms with Crippen molar-refractivity contribution in [3.8, 4) is 0 Å². The predicted octanol–water partition coefficient (Wildman–Crippen LogP) is 3.22. The number of benzene rings is 1. The zero-order valence-electron chi connectivity index (χ0n) is 9.26. The van der Waals surface area contributed by atoms with Gasteiger partial charge in [-0.2, -0.15) is 0 Å². The highest BCUT2D eigenvalue weighted by molar-refractivity contribution is 5.31. The number of rotatable bonds is 3. The van der Waals surface area contributed by atoms with Crippen LogP contribution in [0.5, 0.6) is 0 Å². The molecule has 1 saturated carbocycles. The summed E-state index contributed by atoms with van der Waals surface area (Å²) in [6.07, 6.45) is 0.754. The molecule has 2 N–H and O–H groups in total. The van der Waals surface area contributed by atoms with Crippen LogP contribution < -0.4 is 5.73 Å². The van der Waals surface area contributed by atoms with E-state index in [9.17, 15) is 8.78 Å². The van der Waals surface area contributed by atoms with Crippen molar-refractivity contribution >= 4 is 0 Å². The van der Waals surface area contributed by atoms with Crippen LogP contribution in [-0.2, 0) is 12.0 Å². The van der Waals surface area contributed by atoms with Crippen LogP contribution in [0.2, 0.25) is 0 Å². The highest BCUT2D eigenvalue weighted by Crippen LogP contribution is 2.45. The molecule has 88 valence electrons. The van der Waals surface area contributed by atoms with Gasteiger partial charge in [0.1, 0.15) is 0 Å². The average Bonchev–Trinajstić information content (AvgIpc) is 2.79. The maximum atomic E-state index is 13.2. The third kappa shape index (κ3) is 1.84. The number of halogens is 2. The zero-order chi connectivity index (χ0) is 11.6. The highest BCUT2D eigenvalue weighted by atomic mass is 19.3. The first-order chi connectivity index (χ1) is 7.69. The molecule has 1 aliphatic rings. The molecule has 16 heavy (non-hydrogen) atoms. The van der Waals surface area contributed by atoms with E-state index in [0.29, 0.717) is 19.4 Å². The van der Waals surface area contributed by atoms with Crippen LogP contribution >= 0.6 is 0 Å². The molecule has 3 heteroatoms. The van der Waals surface area contributed by atoms with Gasteiger partial charge in [0.25, 0.3) is 0 Å². The van der Waals surface area contributed by atoms with Crippen LogP contribution in [0.25, 0.3) is 0 Å². The molecule has 1 aromatic carbocycles. The van der Waals surface area contributed by atoms with Crippen molar-refractivity contribution in [2.24, 2.45) is 5.73 Å². The summed E-state index contributed by atoms with van der Waals surface area (Å²) in [5.41, 5.74) is 6.37. The van der Waals surface area contributed by atoms with Gasteiger partial charge in [0.05, 0.1) is 5.41 Å². The van der Waals surface area contributed by atoms with E-state index in [1.54, 1.807) is 0 Å². The monoisotopic (exact) mass is 225 g/mol. The lowest BCUT2D eigenvalue weighted by molar-refractivity contribution is 0.0522. The van der Waals surface area contributed by atoms with Gasteiger partial charge in [-0.05, 0) is 24.0 Å². The fourth-order valence-electron chi connectivity index (χ4n) is 2.61. The summed E-state index contributed by atoms with van der Waals surface area (Å²) in [5, 5.41) is 0. The molecular weight excluding hydrogens is 208 g/mol. The molecule has 1 aliphatic carbocycles. The van der Waals surface area contributed by atoms with Gasteiger partial charge >= 0.3 is 0 Å². The van der Waals surface area contributed by atoms with Gasteiger partial charge in [0.15, 0.2) is 0 Å². The highest BCUT2D eigenvalue weighted by Gasteiger charge is 2.43. The Morgan fingerprint density at radius 1 is 1.12 bits per heavy atom. The van der Waals surface area contributed by atoms with Crippen LogP contribution in [0.15, 0.2) is 24.3 Å². The Kier molecular flexibility index (Phi) is 3.24. The van der Waals surface area contributed by atoms with Crippen molar-refractivity contribution in [2.45, 2.75) is 44.1 Å². The van der Waals surface area contributed by atoms with E-state index < -0.39 is 11.8 Å². The predicted molar refractivity (Wildman–Crippen MR) is 60.5 cm³/mol. The summed E-state index contributed by atoms with van der Waals surface area (Å²) in [4.78, 5) is 0. The molecule has 0 unspecified atom stereocenters. The van der Waals surface area contributed by atoms with E-state index in [4.69, 9.17) is 5.73 Å². The minimum Gasteiger partial charge on any atom is -0.326 e. The van der Waals surface area contributed by atoms with Gasteiger partial charge < -0.3 is 5.73 Å². The molecule has 0 radical (unpaired) electrons. The number of hydrogen-bond acceptors (Lipinski definition) is 1. The summed E-state index contributed by atoms with van der Waals surface area (Å²) in [7, 11) is 0. The topological polar surface area (TPSA) is 26.0 Å². The van der Waals surface area contributed by atoms with Gasteiger partial charge in [0.2, 0.25) is 6.43 Å². The van der Waals surface area contributed by atoms with E-state index in [0.717, 1.165) is 24.0 Å². The van der Waals surface area contributed by atoms with E-state index in [2.05, 4.69) is 0 Å². The molecule has 0 bridgehead atoms. The molecule has 0 amide bonds. The molecule has 0 heterocycles. The fraction of sp³-hybridized carbons (Fsp3) is 0.538. The van der Waals surface area contributed by atoms with E-state index in [1.807, 2.05) is 24.3 Å². The van der Waals surface area contributed by atoms with Crippen molar-refractivity contribution in [1.82, 2.24) is 0 Å². The third-order valence-corrected chi connectivity index (χ3v) is 3.68. The lowest BCUT2D eigenvalue weighted by Crippen LogP contribution is -2.31. The number of hydrogen-bond donors (Lipinski definition) is 1. The van der Waals surface area contributed by atoms with Gasteiger partial charge in [-0.15, -0.1) is 0 Å². The molecule has 1 fully saturated rings. The zero-order valence-corrected chi connectivity index (χ0v) is 9.26. The summed E-state index contributed by atoms with van der Waals surface area (Å²) in [6, 6.07) is 7.36. The fourth-order valence-corrected chi connectivity index (χ4v) is 2.61. The lowest BCUT2D eigenvalue weighted by atomic mass is 9.79. The molecular formula is C13H17F2N. The first-order valence-corrected chi connectivity index (χ1v) is 5.77. The molecule has 0 saturated heterocycles. The second-order valence-corrected chi connectivity index (χ2v) is 4.56. The van der Waals surface area contributed by atoms with Crippen LogP contribution in [0.1, 0.15) is 36.8 Å². The van der Waals surface area contributed by atoms with Crippen LogP contribution in [-0.4, -0.2) is 6.43 Å². The van der Waals surface area contributed by atoms with Crippen molar-refractivity contribution in [2.75, 3.05) is 0 Å². The number of alkyl halides is 2. The molecule has 0 spiro atoms. The first-order valence-electron chi connectivity index (χ1n) is 5.77. The summed E-state index contributed by atoms with van der Waals surface area (Å²) in [5.74, 6) is 0. The molecule has 2 rings (SSSR count). The Morgan fingerprint density at radius 2 is 1.69 bits per heavy atom. The number of nitrogens with two attached hydrogens (primary N) is 1. The minimum absolute atomic E-state index is 0.460. The standard InChI is InChI=1S/C13H17F2N/c14-12(15)13(7-1-2-8-13)11-5-3-10(9-16)4-6-11/h3-6,12H,1-2,7-9,16H2. The Labute approximate surface area is 94.7 Å². The normalized spacial score (nSPS) is 19.2.